The molecule has 0 aromatic heterocycles. The molecule has 0 radical (unpaired) electrons. The maximum atomic E-state index is 11.8. The Morgan fingerprint density at radius 3 is 1.95 bits per heavy atom. The van der Waals surface area contributed by atoms with Crippen LogP contribution < -0.4 is 10.6 Å². The standard InChI is InChI=1S/C13H22N2O6/c1-7(14-12(19)21-13(3,4)5)10(17)15-9(8(2)16)11(18)20-6/h7,9H,1-6H3,(H,14,19)(H,15,17)/t7-,9-/m0/s1. The molecule has 0 fully saturated rings. The summed E-state index contributed by atoms with van der Waals surface area (Å²) >= 11 is 0. The Kier molecular flexibility index (Phi) is 6.84. The number of amides is 2. The van der Waals surface area contributed by atoms with E-state index in [-0.39, 0.29) is 0 Å². The number of hydrogen-bond donors (Lipinski definition) is 2. The van der Waals surface area contributed by atoms with Gasteiger partial charge in [-0.05, 0) is 34.6 Å². The molecule has 0 aliphatic rings. The normalized spacial score (nSPS) is 13.6. The van der Waals surface area contributed by atoms with E-state index in [1.54, 1.807) is 20.8 Å². The number of methoxy groups -OCH3 is 1. The molecule has 2 amide bonds. The molecule has 0 saturated heterocycles. The van der Waals surface area contributed by atoms with Gasteiger partial charge in [0.1, 0.15) is 11.6 Å². The summed E-state index contributed by atoms with van der Waals surface area (Å²) < 4.78 is 9.41. The van der Waals surface area contributed by atoms with E-state index in [1.807, 2.05) is 0 Å². The quantitative estimate of drug-likeness (QED) is 0.552. The van der Waals surface area contributed by atoms with Crippen molar-refractivity contribution in [3.8, 4) is 0 Å². The van der Waals surface area contributed by atoms with E-state index in [0.717, 1.165) is 14.0 Å². The molecule has 8 nitrogen and oxygen atoms in total. The Hall–Kier alpha value is -2.12. The average Bonchev–Trinajstić information content (AvgIpc) is 2.31. The van der Waals surface area contributed by atoms with E-state index in [0.29, 0.717) is 0 Å². The predicted octanol–water partition coefficient (Wildman–Crippen LogP) is 0.146. The van der Waals surface area contributed by atoms with Crippen LogP contribution in [0.2, 0.25) is 0 Å². The average molecular weight is 302 g/mol. The first-order chi connectivity index (χ1) is 9.47. The van der Waals surface area contributed by atoms with Gasteiger partial charge in [-0.15, -0.1) is 0 Å². The van der Waals surface area contributed by atoms with Crippen molar-refractivity contribution in [2.45, 2.75) is 52.3 Å². The third-order valence-corrected chi connectivity index (χ3v) is 2.26. The fraction of sp³-hybridized carbons (Fsp3) is 0.692. The van der Waals surface area contributed by atoms with Crippen molar-refractivity contribution in [1.82, 2.24) is 10.6 Å². The number of esters is 1. The molecule has 0 unspecified atom stereocenters. The fourth-order valence-electron chi connectivity index (χ4n) is 1.26. The third kappa shape index (κ3) is 7.28. The van der Waals surface area contributed by atoms with Crippen LogP contribution in [0.1, 0.15) is 34.6 Å². The molecule has 0 aromatic carbocycles. The van der Waals surface area contributed by atoms with Gasteiger partial charge in [0, 0.05) is 0 Å². The van der Waals surface area contributed by atoms with Gasteiger partial charge < -0.3 is 20.1 Å². The highest BCUT2D eigenvalue weighted by molar-refractivity contribution is 6.05. The summed E-state index contributed by atoms with van der Waals surface area (Å²) in [6.07, 6.45) is -0.775. The lowest BCUT2D eigenvalue weighted by Crippen LogP contribution is -2.53. The second-order valence-corrected chi connectivity index (χ2v) is 5.44. The summed E-state index contributed by atoms with van der Waals surface area (Å²) in [5, 5.41) is 4.50. The van der Waals surface area contributed by atoms with Crippen LogP contribution in [-0.2, 0) is 23.9 Å². The van der Waals surface area contributed by atoms with Gasteiger partial charge in [0.05, 0.1) is 7.11 Å². The number of rotatable bonds is 5. The van der Waals surface area contributed by atoms with Crippen molar-refractivity contribution < 1.29 is 28.7 Å². The number of carbonyl (C=O) groups excluding carboxylic acids is 4. The smallest absolute Gasteiger partial charge is 0.408 e. The van der Waals surface area contributed by atoms with Gasteiger partial charge in [-0.3, -0.25) is 9.59 Å². The van der Waals surface area contributed by atoms with Crippen molar-refractivity contribution in [2.24, 2.45) is 0 Å². The van der Waals surface area contributed by atoms with Crippen LogP contribution in [0.4, 0.5) is 4.79 Å². The Morgan fingerprint density at radius 2 is 1.57 bits per heavy atom. The first-order valence-corrected chi connectivity index (χ1v) is 6.36. The van der Waals surface area contributed by atoms with Crippen LogP contribution in [0.25, 0.3) is 0 Å². The summed E-state index contributed by atoms with van der Waals surface area (Å²) in [5.74, 6) is -2.15. The number of Topliss-reactive ketones (excluding diaryl/α,β-unsaturated/α-hetero) is 1. The summed E-state index contributed by atoms with van der Waals surface area (Å²) in [6, 6.07) is -2.38. The Morgan fingerprint density at radius 1 is 1.05 bits per heavy atom. The van der Waals surface area contributed by atoms with Crippen molar-refractivity contribution in [2.75, 3.05) is 7.11 Å². The number of nitrogens with one attached hydrogen (secondary N) is 2. The Labute approximate surface area is 123 Å². The first kappa shape index (κ1) is 18.9. The molecule has 8 heteroatoms. The van der Waals surface area contributed by atoms with Gasteiger partial charge in [0.25, 0.3) is 0 Å². The molecule has 2 atom stereocenters. The minimum atomic E-state index is -1.40. The van der Waals surface area contributed by atoms with E-state index >= 15 is 0 Å². The van der Waals surface area contributed by atoms with Gasteiger partial charge in [-0.25, -0.2) is 9.59 Å². The van der Waals surface area contributed by atoms with Gasteiger partial charge >= 0.3 is 12.1 Å². The second kappa shape index (κ2) is 7.61. The molecule has 120 valence electrons. The van der Waals surface area contributed by atoms with Gasteiger partial charge in [0.2, 0.25) is 5.91 Å². The van der Waals surface area contributed by atoms with Gasteiger partial charge in [-0.1, -0.05) is 0 Å². The van der Waals surface area contributed by atoms with E-state index in [4.69, 9.17) is 4.74 Å². The lowest BCUT2D eigenvalue weighted by Gasteiger charge is -2.22. The van der Waals surface area contributed by atoms with Gasteiger partial charge in [0.15, 0.2) is 11.8 Å². The third-order valence-electron chi connectivity index (χ3n) is 2.26. The number of hydrogen-bond acceptors (Lipinski definition) is 6. The Bertz CT molecular complexity index is 427. The molecule has 0 heterocycles. The number of carbonyl (C=O) groups is 4. The van der Waals surface area contributed by atoms with E-state index < -0.39 is 41.4 Å². The summed E-state index contributed by atoms with van der Waals surface area (Å²) in [5.41, 5.74) is -0.700. The van der Waals surface area contributed by atoms with Crippen LogP contribution in [0.5, 0.6) is 0 Å². The highest BCUT2D eigenvalue weighted by Crippen LogP contribution is 2.06. The molecular weight excluding hydrogens is 280 g/mol. The topological polar surface area (TPSA) is 111 Å². The second-order valence-electron chi connectivity index (χ2n) is 5.44. The van der Waals surface area contributed by atoms with E-state index in [1.165, 1.54) is 6.92 Å². The largest absolute Gasteiger partial charge is 0.467 e. The minimum Gasteiger partial charge on any atom is -0.467 e. The summed E-state index contributed by atoms with van der Waals surface area (Å²) in [7, 11) is 1.10. The van der Waals surface area contributed by atoms with Crippen LogP contribution >= 0.6 is 0 Å². The van der Waals surface area contributed by atoms with Crippen LogP contribution in [-0.4, -0.2) is 48.5 Å². The number of ketones is 1. The molecular formula is C13H22N2O6. The molecule has 0 bridgehead atoms. The van der Waals surface area contributed by atoms with Gasteiger partial charge in [-0.2, -0.15) is 0 Å². The van der Waals surface area contributed by atoms with Crippen molar-refractivity contribution in [3.63, 3.8) is 0 Å². The SMILES string of the molecule is COC(=O)[C@@H](NC(=O)[C@H](C)NC(=O)OC(C)(C)C)C(C)=O. The molecule has 0 aliphatic carbocycles. The number of ether oxygens (including phenoxy) is 2. The highest BCUT2D eigenvalue weighted by Gasteiger charge is 2.29. The molecule has 0 aromatic rings. The summed E-state index contributed by atoms with van der Waals surface area (Å²) in [4.78, 5) is 46.0. The lowest BCUT2D eigenvalue weighted by atomic mass is 10.2. The van der Waals surface area contributed by atoms with E-state index in [9.17, 15) is 19.2 Å². The molecule has 0 aliphatic heterocycles. The monoisotopic (exact) mass is 302 g/mol. The Balaban J connectivity index is 4.60. The zero-order valence-corrected chi connectivity index (χ0v) is 13.1. The fourth-order valence-corrected chi connectivity index (χ4v) is 1.26. The minimum absolute atomic E-state index is 0.570. The molecule has 0 spiro atoms. The maximum Gasteiger partial charge on any atom is 0.408 e. The highest BCUT2D eigenvalue weighted by atomic mass is 16.6. The lowest BCUT2D eigenvalue weighted by molar-refractivity contribution is -0.148. The zero-order valence-electron chi connectivity index (χ0n) is 13.1. The zero-order chi connectivity index (χ0) is 16.8. The number of alkyl carbamates (subject to hydrolysis) is 1. The van der Waals surface area contributed by atoms with Crippen molar-refractivity contribution in [3.05, 3.63) is 0 Å². The molecule has 21 heavy (non-hydrogen) atoms. The first-order valence-electron chi connectivity index (χ1n) is 6.36. The van der Waals surface area contributed by atoms with Crippen molar-refractivity contribution >= 4 is 23.8 Å². The maximum absolute atomic E-state index is 11.8. The molecule has 0 rings (SSSR count). The van der Waals surface area contributed by atoms with E-state index in [2.05, 4.69) is 15.4 Å². The summed E-state index contributed by atoms with van der Waals surface area (Å²) in [6.45, 7) is 7.59. The predicted molar refractivity (Wildman–Crippen MR) is 73.5 cm³/mol. The van der Waals surface area contributed by atoms with Crippen molar-refractivity contribution in [1.29, 1.82) is 0 Å². The molecule has 2 N–H and O–H groups in total. The molecule has 0 saturated carbocycles. The van der Waals surface area contributed by atoms with Crippen LogP contribution in [0.3, 0.4) is 0 Å². The van der Waals surface area contributed by atoms with Crippen LogP contribution in [0.15, 0.2) is 0 Å². The van der Waals surface area contributed by atoms with Crippen LogP contribution in [0, 0.1) is 0 Å².